The Morgan fingerprint density at radius 3 is 2.54 bits per heavy atom. The van der Waals surface area contributed by atoms with E-state index in [2.05, 4.69) is 11.9 Å². The Morgan fingerprint density at radius 2 is 1.88 bits per heavy atom. The molecule has 1 N–H and O–H groups in total. The van der Waals surface area contributed by atoms with E-state index in [4.69, 9.17) is 9.47 Å². The van der Waals surface area contributed by atoms with Crippen molar-refractivity contribution in [2.75, 3.05) is 25.6 Å². The van der Waals surface area contributed by atoms with Gasteiger partial charge in [0, 0.05) is 28.6 Å². The summed E-state index contributed by atoms with van der Waals surface area (Å²) in [5.41, 5.74) is 2.41. The lowest BCUT2D eigenvalue weighted by atomic mass is 10.1. The van der Waals surface area contributed by atoms with Crippen LogP contribution in [0.2, 0.25) is 0 Å². The van der Waals surface area contributed by atoms with Crippen molar-refractivity contribution in [3.8, 4) is 11.5 Å². The summed E-state index contributed by atoms with van der Waals surface area (Å²) in [7, 11) is 1.54. The van der Waals surface area contributed by atoms with Gasteiger partial charge in [0.1, 0.15) is 6.54 Å². The Bertz CT molecular complexity index is 841. The summed E-state index contributed by atoms with van der Waals surface area (Å²) in [4.78, 5) is 26.2. The minimum atomic E-state index is -0.321. The molecular weight excluding hydrogens is 332 g/mol. The van der Waals surface area contributed by atoms with Crippen molar-refractivity contribution in [1.82, 2.24) is 4.90 Å². The molecule has 26 heavy (non-hydrogen) atoms. The van der Waals surface area contributed by atoms with Gasteiger partial charge in [-0.25, -0.2) is 0 Å². The molecule has 1 heterocycles. The van der Waals surface area contributed by atoms with Crippen molar-refractivity contribution in [3.05, 3.63) is 60.2 Å². The van der Waals surface area contributed by atoms with Gasteiger partial charge in [-0.15, -0.1) is 0 Å². The highest BCUT2D eigenvalue weighted by Gasteiger charge is 2.31. The zero-order valence-corrected chi connectivity index (χ0v) is 14.7. The van der Waals surface area contributed by atoms with E-state index < -0.39 is 0 Å². The van der Waals surface area contributed by atoms with Gasteiger partial charge in [0.05, 0.1) is 13.7 Å². The zero-order valence-electron chi connectivity index (χ0n) is 14.7. The standard InChI is InChI=1S/C20H20N2O4/c1-4-26-17-10-9-14(11-18(17)25-3)21-19(23)12-22-13(2)15-7-5-6-8-16(15)20(22)24/h5-11H,2,4,12H2,1,3H3,(H,21,23). The first-order valence-corrected chi connectivity index (χ1v) is 8.26. The van der Waals surface area contributed by atoms with E-state index in [0.29, 0.717) is 35.1 Å². The smallest absolute Gasteiger partial charge is 0.259 e. The SMILES string of the molecule is C=C1c2ccccc2C(=O)N1CC(=O)Nc1ccc(OCC)c(OC)c1. The van der Waals surface area contributed by atoms with E-state index in [1.807, 2.05) is 19.1 Å². The minimum Gasteiger partial charge on any atom is -0.493 e. The van der Waals surface area contributed by atoms with Gasteiger partial charge in [-0.3, -0.25) is 14.5 Å². The van der Waals surface area contributed by atoms with Crippen molar-refractivity contribution in [2.24, 2.45) is 0 Å². The highest BCUT2D eigenvalue weighted by molar-refractivity contribution is 6.11. The second-order valence-electron chi connectivity index (χ2n) is 5.73. The molecule has 0 aliphatic carbocycles. The molecule has 0 unspecified atom stereocenters. The number of hydrogen-bond acceptors (Lipinski definition) is 4. The first-order chi connectivity index (χ1) is 12.5. The maximum Gasteiger partial charge on any atom is 0.259 e. The molecule has 2 aromatic rings. The molecule has 0 saturated heterocycles. The second-order valence-corrected chi connectivity index (χ2v) is 5.73. The van der Waals surface area contributed by atoms with E-state index in [-0.39, 0.29) is 18.4 Å². The van der Waals surface area contributed by atoms with Gasteiger partial charge in [-0.2, -0.15) is 0 Å². The molecule has 1 aliphatic heterocycles. The molecule has 0 spiro atoms. The van der Waals surface area contributed by atoms with Crippen LogP contribution in [0.15, 0.2) is 49.0 Å². The number of anilines is 1. The third-order valence-corrected chi connectivity index (χ3v) is 4.09. The first-order valence-electron chi connectivity index (χ1n) is 8.26. The highest BCUT2D eigenvalue weighted by atomic mass is 16.5. The lowest BCUT2D eigenvalue weighted by molar-refractivity contribution is -0.116. The van der Waals surface area contributed by atoms with Crippen LogP contribution in [0.1, 0.15) is 22.8 Å². The number of hydrogen-bond donors (Lipinski definition) is 1. The molecule has 0 fully saturated rings. The number of rotatable bonds is 6. The van der Waals surface area contributed by atoms with Crippen LogP contribution in [0.5, 0.6) is 11.5 Å². The average molecular weight is 352 g/mol. The number of fused-ring (bicyclic) bond motifs is 1. The number of nitrogens with one attached hydrogen (secondary N) is 1. The molecule has 134 valence electrons. The fraction of sp³-hybridized carbons (Fsp3) is 0.200. The third kappa shape index (κ3) is 3.26. The number of benzene rings is 2. The summed E-state index contributed by atoms with van der Waals surface area (Å²) < 4.78 is 10.7. The van der Waals surface area contributed by atoms with Crippen molar-refractivity contribution < 1.29 is 19.1 Å². The van der Waals surface area contributed by atoms with Crippen LogP contribution in [-0.4, -0.2) is 37.0 Å². The Kier molecular flexibility index (Phi) is 4.93. The Labute approximate surface area is 152 Å². The predicted octanol–water partition coefficient (Wildman–Crippen LogP) is 3.16. The maximum absolute atomic E-state index is 12.5. The van der Waals surface area contributed by atoms with Crippen LogP contribution in [0, 0.1) is 0 Å². The lowest BCUT2D eigenvalue weighted by Crippen LogP contribution is -2.32. The number of carbonyl (C=O) groups is 2. The summed E-state index contributed by atoms with van der Waals surface area (Å²) in [5.74, 6) is 0.591. The van der Waals surface area contributed by atoms with E-state index >= 15 is 0 Å². The minimum absolute atomic E-state index is 0.109. The third-order valence-electron chi connectivity index (χ3n) is 4.09. The fourth-order valence-electron chi connectivity index (χ4n) is 2.87. The van der Waals surface area contributed by atoms with Crippen LogP contribution in [0.4, 0.5) is 5.69 Å². The molecule has 0 saturated carbocycles. The van der Waals surface area contributed by atoms with Gasteiger partial charge >= 0.3 is 0 Å². The Hall–Kier alpha value is -3.28. The zero-order chi connectivity index (χ0) is 18.7. The van der Waals surface area contributed by atoms with Gasteiger partial charge in [-0.05, 0) is 25.1 Å². The van der Waals surface area contributed by atoms with Crippen molar-refractivity contribution in [3.63, 3.8) is 0 Å². The monoisotopic (exact) mass is 352 g/mol. The van der Waals surface area contributed by atoms with E-state index in [1.54, 1.807) is 30.3 Å². The molecule has 0 bridgehead atoms. The van der Waals surface area contributed by atoms with Crippen LogP contribution in [0.25, 0.3) is 5.70 Å². The van der Waals surface area contributed by atoms with Crippen molar-refractivity contribution in [1.29, 1.82) is 0 Å². The molecule has 1 aliphatic rings. The van der Waals surface area contributed by atoms with Gasteiger partial charge in [0.2, 0.25) is 5.91 Å². The molecule has 0 aromatic heterocycles. The summed E-state index contributed by atoms with van der Waals surface area (Å²) in [5, 5.41) is 2.77. The fourth-order valence-corrected chi connectivity index (χ4v) is 2.87. The molecule has 0 radical (unpaired) electrons. The Balaban J connectivity index is 1.70. The number of carbonyl (C=O) groups excluding carboxylic acids is 2. The summed E-state index contributed by atoms with van der Waals surface area (Å²) in [6.07, 6.45) is 0. The number of methoxy groups -OCH3 is 1. The molecule has 6 heteroatoms. The summed E-state index contributed by atoms with van der Waals surface area (Å²) in [6.45, 7) is 6.22. The van der Waals surface area contributed by atoms with Gasteiger partial charge in [0.25, 0.3) is 5.91 Å². The average Bonchev–Trinajstić information content (AvgIpc) is 2.88. The quantitative estimate of drug-likeness (QED) is 0.867. The number of ether oxygens (including phenoxy) is 2. The van der Waals surface area contributed by atoms with Crippen molar-refractivity contribution >= 4 is 23.2 Å². The number of nitrogens with zero attached hydrogens (tertiary/aromatic N) is 1. The summed E-state index contributed by atoms with van der Waals surface area (Å²) >= 11 is 0. The van der Waals surface area contributed by atoms with E-state index in [9.17, 15) is 9.59 Å². The van der Waals surface area contributed by atoms with Gasteiger partial charge in [-0.1, -0.05) is 24.8 Å². The topological polar surface area (TPSA) is 67.9 Å². The van der Waals surface area contributed by atoms with Gasteiger partial charge < -0.3 is 14.8 Å². The molecular formula is C20H20N2O4. The summed E-state index contributed by atoms with van der Waals surface area (Å²) in [6, 6.07) is 12.3. The molecule has 2 amide bonds. The molecule has 6 nitrogen and oxygen atoms in total. The molecule has 2 aromatic carbocycles. The lowest BCUT2D eigenvalue weighted by Gasteiger charge is -2.17. The van der Waals surface area contributed by atoms with Crippen LogP contribution >= 0.6 is 0 Å². The van der Waals surface area contributed by atoms with Crippen LogP contribution < -0.4 is 14.8 Å². The van der Waals surface area contributed by atoms with Crippen LogP contribution in [-0.2, 0) is 4.79 Å². The molecule has 3 rings (SSSR count). The normalized spacial score (nSPS) is 12.8. The largest absolute Gasteiger partial charge is 0.493 e. The maximum atomic E-state index is 12.5. The first kappa shape index (κ1) is 17.5. The van der Waals surface area contributed by atoms with Gasteiger partial charge in [0.15, 0.2) is 11.5 Å². The second kappa shape index (κ2) is 7.31. The Morgan fingerprint density at radius 1 is 1.15 bits per heavy atom. The van der Waals surface area contributed by atoms with E-state index in [1.165, 1.54) is 12.0 Å². The predicted molar refractivity (Wildman–Crippen MR) is 99.3 cm³/mol. The molecule has 0 atom stereocenters. The van der Waals surface area contributed by atoms with E-state index in [0.717, 1.165) is 5.56 Å². The number of amides is 2. The van der Waals surface area contributed by atoms with Crippen molar-refractivity contribution in [2.45, 2.75) is 6.92 Å². The highest BCUT2D eigenvalue weighted by Crippen LogP contribution is 2.32. The van der Waals surface area contributed by atoms with Crippen LogP contribution in [0.3, 0.4) is 0 Å².